The quantitative estimate of drug-likeness (QED) is 0.507. The molecule has 1 aromatic carbocycles. The number of aromatic nitrogens is 1. The van der Waals surface area contributed by atoms with Crippen LogP contribution in [-0.2, 0) is 27.8 Å². The molecule has 1 aliphatic heterocycles. The number of rotatable bonds is 5. The van der Waals surface area contributed by atoms with Gasteiger partial charge in [-0.25, -0.2) is 9.78 Å². The van der Waals surface area contributed by atoms with E-state index in [0.29, 0.717) is 5.46 Å². The van der Waals surface area contributed by atoms with Gasteiger partial charge in [-0.2, -0.15) is 8.42 Å². The van der Waals surface area contributed by atoms with Crippen LogP contribution in [0.25, 0.3) is 0 Å². The summed E-state index contributed by atoms with van der Waals surface area (Å²) in [4.78, 5) is 16.8. The summed E-state index contributed by atoms with van der Waals surface area (Å²) < 4.78 is 33.6. The molecule has 0 atom stereocenters. The van der Waals surface area contributed by atoms with Crippen molar-refractivity contribution in [1.82, 2.24) is 9.88 Å². The van der Waals surface area contributed by atoms with Gasteiger partial charge >= 0.3 is 13.2 Å². The fraction of sp³-hybridized carbons (Fsp3) is 0.333. The number of carbonyl (C=O) groups is 1. The topological polar surface area (TPSA) is 155 Å². The van der Waals surface area contributed by atoms with Gasteiger partial charge in [0.2, 0.25) is 0 Å². The van der Waals surface area contributed by atoms with Gasteiger partial charge in [0.25, 0.3) is 10.0 Å². The van der Waals surface area contributed by atoms with Crippen LogP contribution in [0.5, 0.6) is 0 Å². The van der Waals surface area contributed by atoms with Gasteiger partial charge in [-0.1, -0.05) is 6.07 Å². The van der Waals surface area contributed by atoms with E-state index in [2.05, 4.69) is 9.71 Å². The maximum Gasteiger partial charge on any atom is 0.491 e. The Morgan fingerprint density at radius 1 is 1.37 bits per heavy atom. The molecule has 1 amide bonds. The molecule has 0 saturated carbocycles. The van der Waals surface area contributed by atoms with E-state index < -0.39 is 28.8 Å². The van der Waals surface area contributed by atoms with Crippen LogP contribution in [0.1, 0.15) is 31.9 Å². The predicted octanol–water partition coefficient (Wildman–Crippen LogP) is 0.961. The first-order chi connectivity index (χ1) is 13.9. The average Bonchev–Trinajstić information content (AvgIpc) is 2.98. The smallest absolute Gasteiger partial charge is 0.465 e. The van der Waals surface area contributed by atoms with Crippen LogP contribution in [-0.4, -0.2) is 47.2 Å². The first-order valence-corrected chi connectivity index (χ1v) is 10.6. The van der Waals surface area contributed by atoms with Crippen LogP contribution in [0.3, 0.4) is 0 Å². The van der Waals surface area contributed by atoms with Crippen LogP contribution in [0, 0.1) is 0 Å². The van der Waals surface area contributed by atoms with Crippen LogP contribution in [0.2, 0.25) is 0 Å². The number of anilines is 2. The molecule has 30 heavy (non-hydrogen) atoms. The number of nitrogen functional groups attached to an aromatic ring is 1. The standard InChI is InChI=1S/C18H23BN4O6S/c1-18(2,3)23(17(24)25)9-12-6-13(20)8-21-16(12)30(27,28)22-14-5-4-11-10-29-19(26)15(11)7-14/h4-8,22,26H,9-10,20H2,1-3H3,(H,24,25). The molecule has 0 bridgehead atoms. The third kappa shape index (κ3) is 4.50. The van der Waals surface area contributed by atoms with Crippen molar-refractivity contribution >= 4 is 40.1 Å². The number of hydrogen-bond donors (Lipinski definition) is 4. The summed E-state index contributed by atoms with van der Waals surface area (Å²) >= 11 is 0. The van der Waals surface area contributed by atoms with E-state index in [1.54, 1.807) is 32.9 Å². The van der Waals surface area contributed by atoms with Crippen molar-refractivity contribution in [1.29, 1.82) is 0 Å². The van der Waals surface area contributed by atoms with Crippen molar-refractivity contribution in [2.75, 3.05) is 10.5 Å². The Labute approximate surface area is 174 Å². The Morgan fingerprint density at radius 2 is 2.07 bits per heavy atom. The highest BCUT2D eigenvalue weighted by Gasteiger charge is 2.31. The van der Waals surface area contributed by atoms with Crippen LogP contribution >= 0.6 is 0 Å². The first-order valence-electron chi connectivity index (χ1n) is 9.09. The summed E-state index contributed by atoms with van der Waals surface area (Å²) in [5.74, 6) is 0. The summed E-state index contributed by atoms with van der Waals surface area (Å²) in [5.41, 5.74) is 6.81. The lowest BCUT2D eigenvalue weighted by Crippen LogP contribution is -2.44. The minimum Gasteiger partial charge on any atom is -0.465 e. The number of fused-ring (bicyclic) bond motifs is 1. The van der Waals surface area contributed by atoms with E-state index in [1.165, 1.54) is 18.3 Å². The van der Waals surface area contributed by atoms with Gasteiger partial charge in [-0.15, -0.1) is 0 Å². The lowest BCUT2D eigenvalue weighted by Gasteiger charge is -2.33. The Morgan fingerprint density at radius 3 is 2.70 bits per heavy atom. The number of pyridine rings is 1. The van der Waals surface area contributed by atoms with Gasteiger partial charge in [0, 0.05) is 16.8 Å². The summed E-state index contributed by atoms with van der Waals surface area (Å²) in [6.45, 7) is 5.12. The number of carboxylic acid groups (broad SMARTS) is 1. The molecule has 1 aliphatic rings. The van der Waals surface area contributed by atoms with Gasteiger partial charge in [-0.05, 0) is 50.0 Å². The highest BCUT2D eigenvalue weighted by Crippen LogP contribution is 2.25. The number of hydrogen-bond acceptors (Lipinski definition) is 7. The number of nitrogens with two attached hydrogens (primary N) is 1. The summed E-state index contributed by atoms with van der Waals surface area (Å²) in [7, 11) is -5.29. The average molecular weight is 434 g/mol. The molecule has 10 nitrogen and oxygen atoms in total. The van der Waals surface area contributed by atoms with Crippen molar-refractivity contribution in [3.63, 3.8) is 0 Å². The zero-order valence-electron chi connectivity index (χ0n) is 16.8. The fourth-order valence-corrected chi connectivity index (χ4v) is 4.31. The fourth-order valence-electron chi connectivity index (χ4n) is 3.12. The number of benzene rings is 1. The monoisotopic (exact) mass is 434 g/mol. The molecule has 160 valence electrons. The van der Waals surface area contributed by atoms with E-state index in [9.17, 15) is 23.3 Å². The molecule has 0 unspecified atom stereocenters. The van der Waals surface area contributed by atoms with E-state index in [-0.39, 0.29) is 35.1 Å². The van der Waals surface area contributed by atoms with Gasteiger partial charge in [0.1, 0.15) is 0 Å². The molecule has 0 radical (unpaired) electrons. The van der Waals surface area contributed by atoms with E-state index in [1.807, 2.05) is 0 Å². The van der Waals surface area contributed by atoms with Crippen molar-refractivity contribution in [3.8, 4) is 0 Å². The Hall–Kier alpha value is -2.83. The molecule has 3 rings (SSSR count). The molecule has 2 aromatic rings. The molecule has 12 heteroatoms. The van der Waals surface area contributed by atoms with Crippen LogP contribution in [0.4, 0.5) is 16.2 Å². The lowest BCUT2D eigenvalue weighted by atomic mass is 9.79. The highest BCUT2D eigenvalue weighted by molar-refractivity contribution is 7.92. The largest absolute Gasteiger partial charge is 0.491 e. The Kier molecular flexibility index (Phi) is 5.67. The molecule has 1 aromatic heterocycles. The van der Waals surface area contributed by atoms with Crippen molar-refractivity contribution in [2.24, 2.45) is 0 Å². The highest BCUT2D eigenvalue weighted by atomic mass is 32.2. The van der Waals surface area contributed by atoms with Gasteiger partial charge in [-0.3, -0.25) is 9.62 Å². The summed E-state index contributed by atoms with van der Waals surface area (Å²) in [5, 5.41) is 19.1. The van der Waals surface area contributed by atoms with E-state index in [0.717, 1.165) is 10.5 Å². The number of nitrogens with one attached hydrogen (secondary N) is 1. The second kappa shape index (κ2) is 7.78. The molecule has 0 spiro atoms. The number of amides is 1. The van der Waals surface area contributed by atoms with Crippen molar-refractivity contribution in [3.05, 3.63) is 41.6 Å². The molecule has 0 fully saturated rings. The van der Waals surface area contributed by atoms with Crippen molar-refractivity contribution in [2.45, 2.75) is 44.5 Å². The minimum atomic E-state index is -4.17. The Bertz CT molecular complexity index is 1090. The molecular formula is C18H23BN4O6S. The van der Waals surface area contributed by atoms with Gasteiger partial charge in [0.05, 0.1) is 25.0 Å². The molecule has 5 N–H and O–H groups in total. The van der Waals surface area contributed by atoms with Gasteiger partial charge < -0.3 is 20.5 Å². The third-order valence-corrected chi connectivity index (χ3v) is 6.01. The first kappa shape index (κ1) is 21.9. The SMILES string of the molecule is CC(C)(C)N(Cc1cc(N)cnc1S(=O)(=O)Nc1ccc2c(c1)B(O)OC2)C(=O)O. The van der Waals surface area contributed by atoms with Crippen LogP contribution in [0.15, 0.2) is 35.5 Å². The molecule has 0 saturated heterocycles. The van der Waals surface area contributed by atoms with Crippen molar-refractivity contribution < 1.29 is 28.0 Å². The Balaban J connectivity index is 1.97. The maximum absolute atomic E-state index is 13.0. The second-order valence-electron chi connectivity index (χ2n) is 7.95. The minimum absolute atomic E-state index is 0.143. The molecular weight excluding hydrogens is 411 g/mol. The third-order valence-electron chi connectivity index (χ3n) is 4.63. The normalized spacial score (nSPS) is 13.8. The lowest BCUT2D eigenvalue weighted by molar-refractivity contribution is 0.0949. The second-order valence-corrected chi connectivity index (χ2v) is 9.55. The summed E-state index contributed by atoms with van der Waals surface area (Å²) in [6.07, 6.45) is -0.00516. The van der Waals surface area contributed by atoms with E-state index in [4.69, 9.17) is 10.4 Å². The predicted molar refractivity (Wildman–Crippen MR) is 112 cm³/mol. The summed E-state index contributed by atoms with van der Waals surface area (Å²) in [6, 6.07) is 6.09. The molecule has 2 heterocycles. The zero-order chi connectivity index (χ0) is 22.3. The van der Waals surface area contributed by atoms with E-state index >= 15 is 0 Å². The molecule has 0 aliphatic carbocycles. The zero-order valence-corrected chi connectivity index (χ0v) is 17.6. The number of sulfonamides is 1. The number of nitrogens with zero attached hydrogens (tertiary/aromatic N) is 2. The maximum atomic E-state index is 13.0. The van der Waals surface area contributed by atoms with Crippen LogP contribution < -0.4 is 15.9 Å². The van der Waals surface area contributed by atoms with Gasteiger partial charge in [0.15, 0.2) is 5.03 Å².